The van der Waals surface area contributed by atoms with E-state index in [1.807, 2.05) is 24.3 Å². The minimum absolute atomic E-state index is 0.249. The van der Waals surface area contributed by atoms with Gasteiger partial charge in [-0.3, -0.25) is 4.31 Å². The second kappa shape index (κ2) is 6.36. The summed E-state index contributed by atoms with van der Waals surface area (Å²) in [5.41, 5.74) is 2.04. The van der Waals surface area contributed by atoms with Crippen molar-refractivity contribution < 1.29 is 8.42 Å². The van der Waals surface area contributed by atoms with E-state index in [0.717, 1.165) is 43.5 Å². The van der Waals surface area contributed by atoms with E-state index in [1.54, 1.807) is 4.31 Å². The molecule has 0 aliphatic carbocycles. The van der Waals surface area contributed by atoms with Crippen LogP contribution in [0.25, 0.3) is 0 Å². The number of rotatable bonds is 4. The van der Waals surface area contributed by atoms with E-state index < -0.39 is 10.0 Å². The SMILES string of the molecule is O=S(=O)(CCC1CCCCN1)N1CCCc2ccccc21. The zero-order valence-corrected chi connectivity index (χ0v) is 13.2. The number of hydrogen-bond acceptors (Lipinski definition) is 3. The molecule has 3 rings (SSSR count). The first-order chi connectivity index (χ1) is 10.2. The fraction of sp³-hybridized carbons (Fsp3) is 0.625. The summed E-state index contributed by atoms with van der Waals surface area (Å²) in [7, 11) is -3.20. The van der Waals surface area contributed by atoms with Crippen molar-refractivity contribution in [2.75, 3.05) is 23.1 Å². The lowest BCUT2D eigenvalue weighted by molar-refractivity contribution is 0.392. The van der Waals surface area contributed by atoms with Crippen molar-refractivity contribution in [3.8, 4) is 0 Å². The third kappa shape index (κ3) is 3.40. The van der Waals surface area contributed by atoms with Gasteiger partial charge in [-0.15, -0.1) is 0 Å². The molecule has 1 N–H and O–H groups in total. The fourth-order valence-corrected chi connectivity index (χ4v) is 5.05. The van der Waals surface area contributed by atoms with Crippen molar-refractivity contribution >= 4 is 15.7 Å². The van der Waals surface area contributed by atoms with E-state index in [4.69, 9.17) is 0 Å². The highest BCUT2D eigenvalue weighted by atomic mass is 32.2. The highest BCUT2D eigenvalue weighted by Crippen LogP contribution is 2.29. The van der Waals surface area contributed by atoms with Gasteiger partial charge >= 0.3 is 0 Å². The van der Waals surface area contributed by atoms with E-state index in [2.05, 4.69) is 5.32 Å². The van der Waals surface area contributed by atoms with Gasteiger partial charge in [-0.1, -0.05) is 24.6 Å². The smallest absolute Gasteiger partial charge is 0.235 e. The average Bonchev–Trinajstić information content (AvgIpc) is 2.53. The molecule has 0 radical (unpaired) electrons. The molecule has 0 amide bonds. The molecule has 2 heterocycles. The lowest BCUT2D eigenvalue weighted by Gasteiger charge is -2.31. The zero-order valence-electron chi connectivity index (χ0n) is 12.4. The Labute approximate surface area is 127 Å². The van der Waals surface area contributed by atoms with Crippen molar-refractivity contribution in [1.82, 2.24) is 5.32 Å². The molecule has 0 saturated carbocycles. The Kier molecular flexibility index (Phi) is 4.50. The molecule has 0 bridgehead atoms. The Balaban J connectivity index is 1.70. The quantitative estimate of drug-likeness (QED) is 0.928. The second-order valence-electron chi connectivity index (χ2n) is 6.06. The molecule has 1 aromatic rings. The molecule has 5 heteroatoms. The number of hydrogen-bond donors (Lipinski definition) is 1. The summed E-state index contributed by atoms with van der Waals surface area (Å²) in [4.78, 5) is 0. The molecular weight excluding hydrogens is 284 g/mol. The molecule has 21 heavy (non-hydrogen) atoms. The molecule has 1 unspecified atom stereocenters. The number of sulfonamides is 1. The number of nitrogens with zero attached hydrogens (tertiary/aromatic N) is 1. The molecule has 0 aromatic heterocycles. The summed E-state index contributed by atoms with van der Waals surface area (Å²) in [5, 5.41) is 3.43. The average molecular weight is 308 g/mol. The summed E-state index contributed by atoms with van der Waals surface area (Å²) in [6.07, 6.45) is 6.14. The first-order valence-corrected chi connectivity index (χ1v) is 9.59. The summed E-state index contributed by atoms with van der Waals surface area (Å²) in [6.45, 7) is 1.65. The van der Waals surface area contributed by atoms with E-state index in [1.165, 1.54) is 12.8 Å². The summed E-state index contributed by atoms with van der Waals surface area (Å²) in [5.74, 6) is 0.249. The van der Waals surface area contributed by atoms with Gasteiger partial charge in [0.25, 0.3) is 0 Å². The molecule has 116 valence electrons. The normalized spacial score (nSPS) is 22.9. The Morgan fingerprint density at radius 3 is 2.86 bits per heavy atom. The van der Waals surface area contributed by atoms with Crippen LogP contribution in [-0.4, -0.2) is 33.3 Å². The minimum atomic E-state index is -3.20. The van der Waals surface area contributed by atoms with Gasteiger partial charge < -0.3 is 5.32 Å². The summed E-state index contributed by atoms with van der Waals surface area (Å²) < 4.78 is 27.0. The number of nitrogens with one attached hydrogen (secondary N) is 1. The van der Waals surface area contributed by atoms with Gasteiger partial charge in [0.1, 0.15) is 0 Å². The van der Waals surface area contributed by atoms with Gasteiger partial charge in [0.05, 0.1) is 11.4 Å². The maximum absolute atomic E-state index is 12.7. The molecule has 1 saturated heterocycles. The highest BCUT2D eigenvalue weighted by Gasteiger charge is 2.28. The number of para-hydroxylation sites is 1. The van der Waals surface area contributed by atoms with Crippen LogP contribution in [0.2, 0.25) is 0 Å². The Morgan fingerprint density at radius 2 is 2.05 bits per heavy atom. The van der Waals surface area contributed by atoms with Crippen LogP contribution >= 0.6 is 0 Å². The minimum Gasteiger partial charge on any atom is -0.314 e. The number of piperidine rings is 1. The maximum Gasteiger partial charge on any atom is 0.235 e. The standard InChI is InChI=1S/C16H24N2O2S/c19-21(20,13-10-15-8-3-4-11-17-15)18-12-5-7-14-6-1-2-9-16(14)18/h1-2,6,9,15,17H,3-5,7-8,10-13H2. The molecule has 1 atom stereocenters. The van der Waals surface area contributed by atoms with Gasteiger partial charge in [0.15, 0.2) is 0 Å². The summed E-state index contributed by atoms with van der Waals surface area (Å²) in [6, 6.07) is 8.26. The second-order valence-corrected chi connectivity index (χ2v) is 8.07. The molecule has 4 nitrogen and oxygen atoms in total. The van der Waals surface area contributed by atoms with Crippen LogP contribution < -0.4 is 9.62 Å². The van der Waals surface area contributed by atoms with Crippen LogP contribution in [-0.2, 0) is 16.4 Å². The maximum atomic E-state index is 12.7. The first kappa shape index (κ1) is 14.9. The lowest BCUT2D eigenvalue weighted by atomic mass is 10.0. The number of benzene rings is 1. The largest absolute Gasteiger partial charge is 0.314 e. The van der Waals surface area contributed by atoms with Crippen molar-refractivity contribution in [3.05, 3.63) is 29.8 Å². The van der Waals surface area contributed by atoms with Crippen molar-refractivity contribution in [2.45, 2.75) is 44.6 Å². The fourth-order valence-electron chi connectivity index (χ4n) is 3.36. The Bertz CT molecular complexity index is 580. The van der Waals surface area contributed by atoms with Crippen molar-refractivity contribution in [2.24, 2.45) is 0 Å². The number of fused-ring (bicyclic) bond motifs is 1. The third-order valence-corrected chi connectivity index (χ3v) is 6.34. The van der Waals surface area contributed by atoms with Crippen LogP contribution in [0, 0.1) is 0 Å². The van der Waals surface area contributed by atoms with Crippen LogP contribution in [0.5, 0.6) is 0 Å². The highest BCUT2D eigenvalue weighted by molar-refractivity contribution is 7.92. The van der Waals surface area contributed by atoms with Crippen LogP contribution in [0.1, 0.15) is 37.7 Å². The van der Waals surface area contributed by atoms with E-state index >= 15 is 0 Å². The van der Waals surface area contributed by atoms with Gasteiger partial charge in [-0.25, -0.2) is 8.42 Å². The topological polar surface area (TPSA) is 49.4 Å². The van der Waals surface area contributed by atoms with Crippen LogP contribution in [0.4, 0.5) is 5.69 Å². The molecule has 2 aliphatic rings. The predicted octanol–water partition coefficient (Wildman–Crippen LogP) is 2.30. The van der Waals surface area contributed by atoms with E-state index in [-0.39, 0.29) is 5.75 Å². The Morgan fingerprint density at radius 1 is 1.19 bits per heavy atom. The van der Waals surface area contributed by atoms with Gasteiger partial charge in [0, 0.05) is 12.6 Å². The van der Waals surface area contributed by atoms with Gasteiger partial charge in [-0.05, 0) is 50.3 Å². The predicted molar refractivity (Wildman–Crippen MR) is 86.2 cm³/mol. The summed E-state index contributed by atoms with van der Waals surface area (Å²) >= 11 is 0. The van der Waals surface area contributed by atoms with Gasteiger partial charge in [0.2, 0.25) is 10.0 Å². The van der Waals surface area contributed by atoms with Crippen molar-refractivity contribution in [1.29, 1.82) is 0 Å². The lowest BCUT2D eigenvalue weighted by Crippen LogP contribution is -2.40. The number of anilines is 1. The number of aryl methyl sites for hydroxylation is 1. The monoisotopic (exact) mass is 308 g/mol. The molecular formula is C16H24N2O2S. The van der Waals surface area contributed by atoms with Crippen molar-refractivity contribution in [3.63, 3.8) is 0 Å². The zero-order chi connectivity index (χ0) is 14.7. The van der Waals surface area contributed by atoms with E-state index in [0.29, 0.717) is 12.6 Å². The Hall–Kier alpha value is -1.07. The van der Waals surface area contributed by atoms with Gasteiger partial charge in [-0.2, -0.15) is 0 Å². The third-order valence-electron chi connectivity index (χ3n) is 4.54. The molecule has 1 aromatic carbocycles. The first-order valence-electron chi connectivity index (χ1n) is 7.98. The van der Waals surface area contributed by atoms with E-state index in [9.17, 15) is 8.42 Å². The molecule has 0 spiro atoms. The van der Waals surface area contributed by atoms with Crippen LogP contribution in [0.3, 0.4) is 0 Å². The molecule has 1 fully saturated rings. The molecule has 2 aliphatic heterocycles. The van der Waals surface area contributed by atoms with Crippen LogP contribution in [0.15, 0.2) is 24.3 Å².